The lowest BCUT2D eigenvalue weighted by molar-refractivity contribution is -0.126. The summed E-state index contributed by atoms with van der Waals surface area (Å²) in [5, 5.41) is 6.55. The van der Waals surface area contributed by atoms with Gasteiger partial charge in [-0.1, -0.05) is 11.2 Å². The molecule has 0 aliphatic carbocycles. The summed E-state index contributed by atoms with van der Waals surface area (Å²) in [4.78, 5) is 16.9. The molecule has 1 aliphatic rings. The van der Waals surface area contributed by atoms with Gasteiger partial charge in [-0.25, -0.2) is 17.8 Å². The van der Waals surface area contributed by atoms with Crippen LogP contribution in [0.4, 0.5) is 4.39 Å². The molecule has 2 aromatic heterocycles. The predicted molar refractivity (Wildman–Crippen MR) is 118 cm³/mol. The molecule has 1 atom stereocenters. The van der Waals surface area contributed by atoms with E-state index in [4.69, 9.17) is 4.52 Å². The minimum Gasteiger partial charge on any atom is -0.360 e. The number of aromatic nitrogens is 3. The highest BCUT2D eigenvalue weighted by Gasteiger charge is 2.36. The summed E-state index contributed by atoms with van der Waals surface area (Å²) in [6.07, 6.45) is 4.42. The molecule has 0 bridgehead atoms. The third kappa shape index (κ3) is 4.55. The van der Waals surface area contributed by atoms with E-state index in [0.717, 1.165) is 0 Å². The fourth-order valence-corrected chi connectivity index (χ4v) is 5.98. The number of sulfonamides is 1. The van der Waals surface area contributed by atoms with E-state index in [1.165, 1.54) is 10.4 Å². The summed E-state index contributed by atoms with van der Waals surface area (Å²) < 4.78 is 48.7. The fourth-order valence-electron chi connectivity index (χ4n) is 4.17. The maximum atomic E-state index is 14.6. The van der Waals surface area contributed by atoms with Gasteiger partial charge in [0.1, 0.15) is 22.2 Å². The Labute approximate surface area is 191 Å². The zero-order valence-corrected chi connectivity index (χ0v) is 19.5. The second-order valence-electron chi connectivity index (χ2n) is 8.20. The highest BCUT2D eigenvalue weighted by Crippen LogP contribution is 2.28. The van der Waals surface area contributed by atoms with Crippen molar-refractivity contribution in [3.05, 3.63) is 59.3 Å². The van der Waals surface area contributed by atoms with Gasteiger partial charge in [-0.2, -0.15) is 4.31 Å². The Morgan fingerprint density at radius 2 is 2.09 bits per heavy atom. The Hall–Kier alpha value is -3.05. The first-order valence-corrected chi connectivity index (χ1v) is 12.1. The molecule has 3 aromatic rings. The van der Waals surface area contributed by atoms with Crippen molar-refractivity contribution < 1.29 is 22.1 Å². The number of imidazole rings is 1. The standard InChI is InChI=1S/C22H26FN5O4S/c1-14-21(15(2)32-26-14)33(30,31)27-9-4-5-18(13-27)22(29)25-12-17-6-7-20(19(23)11-17)28-10-8-24-16(28)3/h6-8,10-11,18H,4-5,9,12-13H2,1-3H3,(H,25,29). The van der Waals surface area contributed by atoms with E-state index in [1.807, 2.05) is 0 Å². The summed E-state index contributed by atoms with van der Waals surface area (Å²) in [5.74, 6) is -0.272. The molecule has 9 nitrogen and oxygen atoms in total. The van der Waals surface area contributed by atoms with E-state index >= 15 is 0 Å². The number of nitrogens with zero attached hydrogens (tertiary/aromatic N) is 4. The molecule has 1 fully saturated rings. The molecule has 176 valence electrons. The number of hydrogen-bond acceptors (Lipinski definition) is 6. The Bertz CT molecular complexity index is 1260. The van der Waals surface area contributed by atoms with Gasteiger partial charge in [0, 0.05) is 32.0 Å². The van der Waals surface area contributed by atoms with E-state index in [1.54, 1.807) is 49.9 Å². The van der Waals surface area contributed by atoms with E-state index in [0.29, 0.717) is 42.2 Å². The largest absolute Gasteiger partial charge is 0.360 e. The van der Waals surface area contributed by atoms with E-state index in [-0.39, 0.29) is 29.7 Å². The van der Waals surface area contributed by atoms with Crippen molar-refractivity contribution in [2.75, 3.05) is 13.1 Å². The Morgan fingerprint density at radius 1 is 1.30 bits per heavy atom. The fraction of sp³-hybridized carbons (Fsp3) is 0.409. The summed E-state index contributed by atoms with van der Waals surface area (Å²) >= 11 is 0. The molecule has 0 saturated carbocycles. The maximum absolute atomic E-state index is 14.6. The molecule has 3 heterocycles. The van der Waals surface area contributed by atoms with E-state index < -0.39 is 21.8 Å². The van der Waals surface area contributed by atoms with Crippen LogP contribution in [-0.2, 0) is 21.4 Å². The van der Waals surface area contributed by atoms with Crippen molar-refractivity contribution in [3.63, 3.8) is 0 Å². The number of piperidine rings is 1. The number of amides is 1. The van der Waals surface area contributed by atoms with E-state index in [2.05, 4.69) is 15.5 Å². The van der Waals surface area contributed by atoms with Crippen LogP contribution >= 0.6 is 0 Å². The van der Waals surface area contributed by atoms with Gasteiger partial charge in [0.05, 0.1) is 11.6 Å². The molecule has 1 saturated heterocycles. The highest BCUT2D eigenvalue weighted by atomic mass is 32.2. The molecule has 1 N–H and O–H groups in total. The van der Waals surface area contributed by atoms with Crippen molar-refractivity contribution in [1.82, 2.24) is 24.3 Å². The predicted octanol–water partition coefficient (Wildman–Crippen LogP) is 2.64. The van der Waals surface area contributed by atoms with Crippen LogP contribution in [0, 0.1) is 32.5 Å². The van der Waals surface area contributed by atoms with Crippen molar-refractivity contribution in [2.24, 2.45) is 5.92 Å². The summed E-state index contributed by atoms with van der Waals surface area (Å²) in [6, 6.07) is 4.77. The number of aryl methyl sites for hydroxylation is 3. The molecule has 1 aliphatic heterocycles. The van der Waals surface area contributed by atoms with Gasteiger partial charge < -0.3 is 14.4 Å². The molecule has 4 rings (SSSR count). The number of halogens is 1. The lowest BCUT2D eigenvalue weighted by atomic mass is 9.98. The van der Waals surface area contributed by atoms with Crippen LogP contribution in [-0.4, -0.2) is 46.4 Å². The lowest BCUT2D eigenvalue weighted by Crippen LogP contribution is -2.45. The molecule has 33 heavy (non-hydrogen) atoms. The summed E-state index contributed by atoms with van der Waals surface area (Å²) in [5.41, 5.74) is 1.29. The second-order valence-corrected chi connectivity index (χ2v) is 10.1. The average molecular weight is 476 g/mol. The zero-order valence-electron chi connectivity index (χ0n) is 18.7. The van der Waals surface area contributed by atoms with Crippen LogP contribution in [0.3, 0.4) is 0 Å². The van der Waals surface area contributed by atoms with Crippen molar-refractivity contribution in [1.29, 1.82) is 0 Å². The minimum atomic E-state index is -3.81. The lowest BCUT2D eigenvalue weighted by Gasteiger charge is -2.31. The first-order chi connectivity index (χ1) is 15.7. The Morgan fingerprint density at radius 3 is 2.73 bits per heavy atom. The molecule has 0 radical (unpaired) electrons. The number of carbonyl (C=O) groups is 1. The molecular weight excluding hydrogens is 449 g/mol. The highest BCUT2D eigenvalue weighted by molar-refractivity contribution is 7.89. The molecule has 11 heteroatoms. The number of benzene rings is 1. The Kier molecular flexibility index (Phi) is 6.35. The number of rotatable bonds is 6. The smallest absolute Gasteiger partial charge is 0.248 e. The first kappa shape index (κ1) is 23.1. The van der Waals surface area contributed by atoms with Crippen LogP contribution in [0.15, 0.2) is 40.0 Å². The van der Waals surface area contributed by atoms with Gasteiger partial charge in [-0.05, 0) is 51.3 Å². The average Bonchev–Trinajstić information content (AvgIpc) is 3.36. The maximum Gasteiger partial charge on any atom is 0.248 e. The molecule has 1 aromatic carbocycles. The van der Waals surface area contributed by atoms with Gasteiger partial charge in [0.25, 0.3) is 0 Å². The molecule has 1 unspecified atom stereocenters. The topological polar surface area (TPSA) is 110 Å². The summed E-state index contributed by atoms with van der Waals surface area (Å²) in [6.45, 7) is 5.47. The SMILES string of the molecule is Cc1noc(C)c1S(=O)(=O)N1CCCC(C(=O)NCc2ccc(-n3ccnc3C)c(F)c2)C1. The molecular formula is C22H26FN5O4S. The van der Waals surface area contributed by atoms with Gasteiger partial charge >= 0.3 is 0 Å². The van der Waals surface area contributed by atoms with Gasteiger partial charge in [0.15, 0.2) is 5.76 Å². The third-order valence-electron chi connectivity index (χ3n) is 5.88. The van der Waals surface area contributed by atoms with Crippen molar-refractivity contribution in [3.8, 4) is 5.69 Å². The van der Waals surface area contributed by atoms with Crippen LogP contribution < -0.4 is 5.32 Å². The van der Waals surface area contributed by atoms with E-state index in [9.17, 15) is 17.6 Å². The van der Waals surface area contributed by atoms with Gasteiger partial charge in [0.2, 0.25) is 15.9 Å². The quantitative estimate of drug-likeness (QED) is 0.587. The Balaban J connectivity index is 1.41. The van der Waals surface area contributed by atoms with Crippen LogP contribution in [0.2, 0.25) is 0 Å². The van der Waals surface area contributed by atoms with Crippen molar-refractivity contribution in [2.45, 2.75) is 45.1 Å². The second kappa shape index (κ2) is 9.06. The zero-order chi connectivity index (χ0) is 23.8. The van der Waals surface area contributed by atoms with Crippen molar-refractivity contribution >= 4 is 15.9 Å². The van der Waals surface area contributed by atoms with Crippen LogP contribution in [0.1, 0.15) is 35.7 Å². The number of hydrogen-bond donors (Lipinski definition) is 1. The van der Waals surface area contributed by atoms with Gasteiger partial charge in [-0.15, -0.1) is 0 Å². The molecule has 1 amide bonds. The third-order valence-corrected chi connectivity index (χ3v) is 8.00. The monoisotopic (exact) mass is 475 g/mol. The van der Waals surface area contributed by atoms with Crippen LogP contribution in [0.25, 0.3) is 5.69 Å². The summed E-state index contributed by atoms with van der Waals surface area (Å²) in [7, 11) is -3.81. The number of carbonyl (C=O) groups excluding carboxylic acids is 1. The van der Waals surface area contributed by atoms with Crippen LogP contribution in [0.5, 0.6) is 0 Å². The molecule has 0 spiro atoms. The first-order valence-electron chi connectivity index (χ1n) is 10.7. The minimum absolute atomic E-state index is 0.0623. The van der Waals surface area contributed by atoms with Gasteiger partial charge in [-0.3, -0.25) is 4.79 Å². The normalized spacial score (nSPS) is 17.3. The number of nitrogens with one attached hydrogen (secondary N) is 1.